The lowest BCUT2D eigenvalue weighted by molar-refractivity contribution is 0.633. The smallest absolute Gasteiger partial charge is 0.148 e. The molecule has 94 valence electrons. The van der Waals surface area contributed by atoms with E-state index in [-0.39, 0.29) is 11.5 Å². The molecule has 2 aromatic carbocycles. The van der Waals surface area contributed by atoms with Crippen LogP contribution in [0.1, 0.15) is 16.7 Å². The first-order valence-electron chi connectivity index (χ1n) is 5.91. The van der Waals surface area contributed by atoms with Gasteiger partial charge >= 0.3 is 0 Å². The van der Waals surface area contributed by atoms with E-state index in [1.54, 1.807) is 12.1 Å². The highest BCUT2D eigenvalue weighted by Crippen LogP contribution is 2.17. The topological polar surface area (TPSA) is 38.0 Å². The Morgan fingerprint density at radius 3 is 2.50 bits per heavy atom. The molecule has 0 atom stereocenters. The molecule has 0 aliphatic carbocycles. The summed E-state index contributed by atoms with van der Waals surface area (Å²) in [7, 11) is 0. The molecule has 0 aromatic heterocycles. The first-order valence-corrected chi connectivity index (χ1v) is 5.91. The number of anilines is 2. The van der Waals surface area contributed by atoms with E-state index in [2.05, 4.69) is 37.4 Å². The van der Waals surface area contributed by atoms with Crippen LogP contribution in [0.3, 0.4) is 0 Å². The van der Waals surface area contributed by atoms with E-state index in [0.717, 1.165) is 5.69 Å². The number of nitrogen functional groups attached to an aromatic ring is 1. The molecule has 0 unspecified atom stereocenters. The van der Waals surface area contributed by atoms with Gasteiger partial charge in [0.15, 0.2) is 0 Å². The number of nitrogens with one attached hydrogen (secondary N) is 1. The Kier molecular flexibility index (Phi) is 3.51. The molecule has 0 amide bonds. The highest BCUT2D eigenvalue weighted by atomic mass is 19.1. The summed E-state index contributed by atoms with van der Waals surface area (Å²) >= 11 is 0. The molecule has 0 spiro atoms. The highest BCUT2D eigenvalue weighted by Gasteiger charge is 2.00. The maximum atomic E-state index is 13.3. The summed E-state index contributed by atoms with van der Waals surface area (Å²) < 4.78 is 13.3. The van der Waals surface area contributed by atoms with Gasteiger partial charge in [-0.2, -0.15) is 0 Å². The van der Waals surface area contributed by atoms with E-state index < -0.39 is 0 Å². The van der Waals surface area contributed by atoms with Crippen molar-refractivity contribution >= 4 is 11.4 Å². The summed E-state index contributed by atoms with van der Waals surface area (Å²) in [5, 5.41) is 3.18. The van der Waals surface area contributed by atoms with Crippen LogP contribution in [-0.4, -0.2) is 0 Å². The van der Waals surface area contributed by atoms with Crippen LogP contribution in [0.2, 0.25) is 0 Å². The summed E-state index contributed by atoms with van der Waals surface area (Å²) in [5.74, 6) is -0.389. The standard InChI is InChI=1S/C15H17FN2/c1-10-3-4-12(7-11(10)2)9-18-13-5-6-15(17)14(16)8-13/h3-8,18H,9,17H2,1-2H3. The van der Waals surface area contributed by atoms with Crippen molar-refractivity contribution in [2.75, 3.05) is 11.1 Å². The number of hydrogen-bond donors (Lipinski definition) is 2. The number of nitrogens with two attached hydrogens (primary N) is 1. The van der Waals surface area contributed by atoms with Gasteiger partial charge in [-0.15, -0.1) is 0 Å². The van der Waals surface area contributed by atoms with Crippen molar-refractivity contribution < 1.29 is 4.39 Å². The average Bonchev–Trinajstić information content (AvgIpc) is 2.35. The normalized spacial score (nSPS) is 10.4. The Labute approximate surface area is 107 Å². The van der Waals surface area contributed by atoms with Crippen LogP contribution in [0.5, 0.6) is 0 Å². The van der Waals surface area contributed by atoms with Crippen molar-refractivity contribution in [3.63, 3.8) is 0 Å². The van der Waals surface area contributed by atoms with E-state index in [9.17, 15) is 4.39 Å². The Morgan fingerprint density at radius 1 is 1.06 bits per heavy atom. The second kappa shape index (κ2) is 5.08. The SMILES string of the molecule is Cc1ccc(CNc2ccc(N)c(F)c2)cc1C. The fourth-order valence-corrected chi connectivity index (χ4v) is 1.75. The van der Waals surface area contributed by atoms with Gasteiger partial charge in [0, 0.05) is 12.2 Å². The Morgan fingerprint density at radius 2 is 1.83 bits per heavy atom. The number of aryl methyl sites for hydroxylation is 2. The van der Waals surface area contributed by atoms with Crippen molar-refractivity contribution in [3.05, 3.63) is 58.9 Å². The second-order valence-corrected chi connectivity index (χ2v) is 4.51. The highest BCUT2D eigenvalue weighted by molar-refractivity contribution is 5.52. The third kappa shape index (κ3) is 2.80. The van der Waals surface area contributed by atoms with Gasteiger partial charge in [-0.1, -0.05) is 18.2 Å². The van der Waals surface area contributed by atoms with Gasteiger partial charge in [-0.05, 0) is 48.7 Å². The number of halogens is 1. The molecular formula is C15H17FN2. The van der Waals surface area contributed by atoms with Gasteiger partial charge in [0.2, 0.25) is 0 Å². The molecule has 0 fully saturated rings. The monoisotopic (exact) mass is 244 g/mol. The summed E-state index contributed by atoms with van der Waals surface area (Å²) in [6.45, 7) is 4.84. The molecule has 2 rings (SSSR count). The van der Waals surface area contributed by atoms with E-state index in [0.29, 0.717) is 6.54 Å². The largest absolute Gasteiger partial charge is 0.396 e. The molecule has 0 heterocycles. The average molecular weight is 244 g/mol. The molecule has 0 saturated heterocycles. The number of benzene rings is 2. The quantitative estimate of drug-likeness (QED) is 0.809. The van der Waals surface area contributed by atoms with Crippen molar-refractivity contribution in [3.8, 4) is 0 Å². The van der Waals surface area contributed by atoms with Gasteiger partial charge in [0.05, 0.1) is 5.69 Å². The maximum absolute atomic E-state index is 13.3. The van der Waals surface area contributed by atoms with Crippen LogP contribution in [0, 0.1) is 19.7 Å². The van der Waals surface area contributed by atoms with Crippen LogP contribution in [0.4, 0.5) is 15.8 Å². The van der Waals surface area contributed by atoms with Crippen molar-refractivity contribution in [2.24, 2.45) is 0 Å². The molecule has 0 saturated carbocycles. The minimum absolute atomic E-state index is 0.173. The third-order valence-electron chi connectivity index (χ3n) is 3.07. The molecule has 0 aliphatic rings. The zero-order chi connectivity index (χ0) is 13.1. The fourth-order valence-electron chi connectivity index (χ4n) is 1.75. The Bertz CT molecular complexity index is 513. The van der Waals surface area contributed by atoms with Crippen molar-refractivity contribution in [1.82, 2.24) is 0 Å². The van der Waals surface area contributed by atoms with Crippen molar-refractivity contribution in [1.29, 1.82) is 0 Å². The summed E-state index contributed by atoms with van der Waals surface area (Å²) in [6, 6.07) is 11.1. The number of rotatable bonds is 3. The maximum Gasteiger partial charge on any atom is 0.148 e. The van der Waals surface area contributed by atoms with E-state index in [1.807, 2.05) is 0 Å². The van der Waals surface area contributed by atoms with Crippen molar-refractivity contribution in [2.45, 2.75) is 20.4 Å². The molecule has 2 nitrogen and oxygen atoms in total. The van der Waals surface area contributed by atoms with Gasteiger partial charge in [0.1, 0.15) is 5.82 Å². The summed E-state index contributed by atoms with van der Waals surface area (Å²) in [6.07, 6.45) is 0. The molecule has 2 aromatic rings. The minimum Gasteiger partial charge on any atom is -0.396 e. The first kappa shape index (κ1) is 12.4. The Hall–Kier alpha value is -2.03. The number of hydrogen-bond acceptors (Lipinski definition) is 2. The second-order valence-electron chi connectivity index (χ2n) is 4.51. The zero-order valence-electron chi connectivity index (χ0n) is 10.6. The van der Waals surface area contributed by atoms with Crippen LogP contribution < -0.4 is 11.1 Å². The van der Waals surface area contributed by atoms with Gasteiger partial charge < -0.3 is 11.1 Å². The van der Waals surface area contributed by atoms with E-state index in [4.69, 9.17) is 5.73 Å². The van der Waals surface area contributed by atoms with Crippen LogP contribution in [0.25, 0.3) is 0 Å². The minimum atomic E-state index is -0.389. The molecule has 0 radical (unpaired) electrons. The fraction of sp³-hybridized carbons (Fsp3) is 0.200. The molecule has 0 bridgehead atoms. The van der Waals surface area contributed by atoms with Gasteiger partial charge in [-0.25, -0.2) is 4.39 Å². The van der Waals surface area contributed by atoms with Gasteiger partial charge in [0.25, 0.3) is 0 Å². The Balaban J connectivity index is 2.06. The lowest BCUT2D eigenvalue weighted by Crippen LogP contribution is -2.01. The molecule has 3 heteroatoms. The predicted octanol–water partition coefficient (Wildman–Crippen LogP) is 3.64. The van der Waals surface area contributed by atoms with Crippen LogP contribution >= 0.6 is 0 Å². The molecule has 18 heavy (non-hydrogen) atoms. The molecular weight excluding hydrogens is 227 g/mol. The zero-order valence-corrected chi connectivity index (χ0v) is 10.6. The molecule has 0 aliphatic heterocycles. The molecule has 3 N–H and O–H groups in total. The summed E-state index contributed by atoms with van der Waals surface area (Å²) in [4.78, 5) is 0. The lowest BCUT2D eigenvalue weighted by atomic mass is 10.1. The van der Waals surface area contributed by atoms with Gasteiger partial charge in [-0.3, -0.25) is 0 Å². The lowest BCUT2D eigenvalue weighted by Gasteiger charge is -2.09. The van der Waals surface area contributed by atoms with Crippen LogP contribution in [-0.2, 0) is 6.54 Å². The van der Waals surface area contributed by atoms with E-state index >= 15 is 0 Å². The third-order valence-corrected chi connectivity index (χ3v) is 3.07. The predicted molar refractivity (Wildman–Crippen MR) is 74.1 cm³/mol. The van der Waals surface area contributed by atoms with E-state index in [1.165, 1.54) is 22.8 Å². The van der Waals surface area contributed by atoms with Crippen LogP contribution in [0.15, 0.2) is 36.4 Å². The summed E-state index contributed by atoms with van der Waals surface area (Å²) in [5.41, 5.74) is 10.1. The first-order chi connectivity index (χ1) is 8.56.